The molecular weight excluding hydrogens is 480 g/mol. The molecule has 0 radical (unpaired) electrons. The fourth-order valence-corrected chi connectivity index (χ4v) is 6.18. The van der Waals surface area contributed by atoms with E-state index in [0.29, 0.717) is 10.6 Å². The molecule has 1 saturated carbocycles. The number of carbonyl (C=O) groups is 2. The minimum atomic E-state index is -3.70. The van der Waals surface area contributed by atoms with Crippen molar-refractivity contribution in [3.63, 3.8) is 0 Å². The normalized spacial score (nSPS) is 18.6. The van der Waals surface area contributed by atoms with Crippen LogP contribution < -0.4 is 10.6 Å². The lowest BCUT2D eigenvalue weighted by molar-refractivity contribution is 0.109. The zero-order valence-electron chi connectivity index (χ0n) is 19.6. The quantitative estimate of drug-likeness (QED) is 0.488. The average molecular weight is 511 g/mol. The Morgan fingerprint density at radius 2 is 1.79 bits per heavy atom. The number of ether oxygens (including phenoxy) is 1. The Hall–Kier alpha value is -2.73. The maximum atomic E-state index is 13.0. The van der Waals surface area contributed by atoms with E-state index in [1.807, 2.05) is 0 Å². The molecule has 1 aliphatic carbocycles. The first-order valence-corrected chi connectivity index (χ1v) is 13.5. The molecular formula is C22H30N4O6S2. The number of amides is 2. The largest absolute Gasteiger partial charge is 0.465 e. The van der Waals surface area contributed by atoms with E-state index in [0.717, 1.165) is 30.7 Å². The Morgan fingerprint density at radius 1 is 1.12 bits per heavy atom. The molecule has 10 nitrogen and oxygen atoms in total. The van der Waals surface area contributed by atoms with Crippen molar-refractivity contribution >= 4 is 39.0 Å². The van der Waals surface area contributed by atoms with Gasteiger partial charge in [0, 0.05) is 23.2 Å². The summed E-state index contributed by atoms with van der Waals surface area (Å²) in [6, 6.07) is 4.45. The SMILES string of the molecule is CC(C)OC(=O)NC1CCC(c2nnc(-c3ccc(NC(=O)O)cc3S(=O)(=O)C(C)C)s2)CC1. The van der Waals surface area contributed by atoms with Crippen molar-refractivity contribution in [2.75, 3.05) is 5.32 Å². The van der Waals surface area contributed by atoms with Crippen molar-refractivity contribution in [2.24, 2.45) is 0 Å². The third-order valence-electron chi connectivity index (χ3n) is 5.57. The smallest absolute Gasteiger partial charge is 0.409 e. The lowest BCUT2D eigenvalue weighted by Crippen LogP contribution is -2.38. The summed E-state index contributed by atoms with van der Waals surface area (Å²) in [6.45, 7) is 6.76. The zero-order valence-corrected chi connectivity index (χ0v) is 21.2. The molecule has 3 rings (SSSR count). The monoisotopic (exact) mass is 510 g/mol. The van der Waals surface area contributed by atoms with Gasteiger partial charge in [-0.15, -0.1) is 10.2 Å². The van der Waals surface area contributed by atoms with Crippen molar-refractivity contribution in [1.82, 2.24) is 15.5 Å². The van der Waals surface area contributed by atoms with E-state index in [2.05, 4.69) is 20.8 Å². The van der Waals surface area contributed by atoms with Crippen molar-refractivity contribution in [3.8, 4) is 10.6 Å². The maximum absolute atomic E-state index is 13.0. The summed E-state index contributed by atoms with van der Waals surface area (Å²) in [5.41, 5.74) is 0.571. The summed E-state index contributed by atoms with van der Waals surface area (Å²) in [7, 11) is -3.70. The highest BCUT2D eigenvalue weighted by Gasteiger charge is 2.29. The first-order valence-electron chi connectivity index (χ1n) is 11.2. The Kier molecular flexibility index (Phi) is 8.13. The van der Waals surface area contributed by atoms with Gasteiger partial charge in [0.15, 0.2) is 9.84 Å². The van der Waals surface area contributed by atoms with Crippen LogP contribution in [0.15, 0.2) is 23.1 Å². The van der Waals surface area contributed by atoms with Crippen LogP contribution in [-0.4, -0.2) is 53.3 Å². The number of carbonyl (C=O) groups excluding carboxylic acids is 1. The number of rotatable bonds is 7. The minimum Gasteiger partial charge on any atom is -0.465 e. The molecule has 0 unspecified atom stereocenters. The molecule has 1 fully saturated rings. The topological polar surface area (TPSA) is 148 Å². The third-order valence-corrected chi connectivity index (χ3v) is 8.88. The molecule has 1 heterocycles. The van der Waals surface area contributed by atoms with Crippen LogP contribution in [-0.2, 0) is 14.6 Å². The van der Waals surface area contributed by atoms with Gasteiger partial charge in [-0.1, -0.05) is 11.3 Å². The molecule has 34 heavy (non-hydrogen) atoms. The summed E-state index contributed by atoms with van der Waals surface area (Å²) in [5, 5.41) is 23.3. The molecule has 1 aromatic heterocycles. The number of anilines is 1. The average Bonchev–Trinajstić information content (AvgIpc) is 3.23. The summed E-state index contributed by atoms with van der Waals surface area (Å²) >= 11 is 1.34. The van der Waals surface area contributed by atoms with Gasteiger partial charge in [0.05, 0.1) is 16.2 Å². The van der Waals surface area contributed by atoms with Crippen LogP contribution in [0.5, 0.6) is 0 Å². The molecule has 186 valence electrons. The van der Waals surface area contributed by atoms with Gasteiger partial charge in [-0.25, -0.2) is 18.0 Å². The number of aromatic nitrogens is 2. The third kappa shape index (κ3) is 6.23. The molecule has 1 aromatic carbocycles. The van der Waals surface area contributed by atoms with E-state index in [4.69, 9.17) is 9.84 Å². The number of benzene rings is 1. The Balaban J connectivity index is 1.78. The van der Waals surface area contributed by atoms with E-state index in [1.165, 1.54) is 23.5 Å². The molecule has 0 bridgehead atoms. The Labute approximate surface area is 203 Å². The number of hydrogen-bond donors (Lipinski definition) is 3. The second-order valence-electron chi connectivity index (χ2n) is 8.83. The fraction of sp³-hybridized carbons (Fsp3) is 0.545. The molecule has 12 heteroatoms. The van der Waals surface area contributed by atoms with Crippen LogP contribution in [0.25, 0.3) is 10.6 Å². The molecule has 3 N–H and O–H groups in total. The molecule has 0 aliphatic heterocycles. The Morgan fingerprint density at radius 3 is 2.38 bits per heavy atom. The first-order chi connectivity index (χ1) is 16.0. The van der Waals surface area contributed by atoms with E-state index >= 15 is 0 Å². The minimum absolute atomic E-state index is 0.0213. The van der Waals surface area contributed by atoms with Crippen LogP contribution >= 0.6 is 11.3 Å². The van der Waals surface area contributed by atoms with Gasteiger partial charge < -0.3 is 15.2 Å². The van der Waals surface area contributed by atoms with Gasteiger partial charge in [-0.2, -0.15) is 0 Å². The number of nitrogens with one attached hydrogen (secondary N) is 2. The number of nitrogens with zero attached hydrogens (tertiary/aromatic N) is 2. The highest BCUT2D eigenvalue weighted by Crippen LogP contribution is 2.39. The molecule has 2 amide bonds. The van der Waals surface area contributed by atoms with Crippen molar-refractivity contribution in [2.45, 2.75) is 81.6 Å². The predicted molar refractivity (Wildman–Crippen MR) is 129 cm³/mol. The molecule has 0 spiro atoms. The van der Waals surface area contributed by atoms with Crippen LogP contribution in [0, 0.1) is 0 Å². The lowest BCUT2D eigenvalue weighted by Gasteiger charge is -2.27. The van der Waals surface area contributed by atoms with Crippen LogP contribution in [0.1, 0.15) is 64.3 Å². The van der Waals surface area contributed by atoms with E-state index in [-0.39, 0.29) is 28.6 Å². The maximum Gasteiger partial charge on any atom is 0.409 e. The van der Waals surface area contributed by atoms with E-state index in [1.54, 1.807) is 33.8 Å². The fourth-order valence-electron chi connectivity index (χ4n) is 3.80. The predicted octanol–water partition coefficient (Wildman–Crippen LogP) is 4.64. The second-order valence-corrected chi connectivity index (χ2v) is 12.3. The summed E-state index contributed by atoms with van der Waals surface area (Å²) < 4.78 is 31.1. The molecule has 0 saturated heterocycles. The highest BCUT2D eigenvalue weighted by atomic mass is 32.2. The van der Waals surface area contributed by atoms with Gasteiger partial charge in [-0.05, 0) is 71.6 Å². The van der Waals surface area contributed by atoms with E-state index in [9.17, 15) is 18.0 Å². The second kappa shape index (κ2) is 10.7. The summed E-state index contributed by atoms with van der Waals surface area (Å²) in [6.07, 6.45) is 1.36. The molecule has 2 aromatic rings. The molecule has 0 atom stereocenters. The summed E-state index contributed by atoms with van der Waals surface area (Å²) in [5.74, 6) is 0.170. The van der Waals surface area contributed by atoms with Gasteiger partial charge in [-0.3, -0.25) is 5.32 Å². The van der Waals surface area contributed by atoms with Gasteiger partial charge in [0.1, 0.15) is 10.0 Å². The van der Waals surface area contributed by atoms with Gasteiger partial charge in [0.25, 0.3) is 0 Å². The van der Waals surface area contributed by atoms with E-state index < -0.39 is 27.3 Å². The van der Waals surface area contributed by atoms with Crippen molar-refractivity contribution in [1.29, 1.82) is 0 Å². The zero-order chi connectivity index (χ0) is 25.0. The summed E-state index contributed by atoms with van der Waals surface area (Å²) in [4.78, 5) is 22.9. The van der Waals surface area contributed by atoms with Gasteiger partial charge >= 0.3 is 12.2 Å². The molecule has 1 aliphatic rings. The Bertz CT molecular complexity index is 1140. The van der Waals surface area contributed by atoms with Crippen LogP contribution in [0.2, 0.25) is 0 Å². The van der Waals surface area contributed by atoms with Crippen molar-refractivity contribution in [3.05, 3.63) is 23.2 Å². The number of hydrogen-bond acceptors (Lipinski definition) is 8. The van der Waals surface area contributed by atoms with Crippen LogP contribution in [0.3, 0.4) is 0 Å². The lowest BCUT2D eigenvalue weighted by atomic mass is 9.86. The van der Waals surface area contributed by atoms with Crippen LogP contribution in [0.4, 0.5) is 15.3 Å². The number of alkyl carbamates (subject to hydrolysis) is 1. The van der Waals surface area contributed by atoms with Gasteiger partial charge in [0.2, 0.25) is 0 Å². The standard InChI is InChI=1S/C22H30N4O6S2/c1-12(2)32-22(29)24-15-7-5-14(6-8-15)19-25-26-20(33-19)17-10-9-16(23-21(27)28)11-18(17)34(30,31)13(3)4/h9-15,23H,5-8H2,1-4H3,(H,24,29)(H,27,28). The number of carboxylic acid groups (broad SMARTS) is 1. The van der Waals surface area contributed by atoms with Crippen molar-refractivity contribution < 1.29 is 27.9 Å². The number of sulfone groups is 1. The highest BCUT2D eigenvalue weighted by molar-refractivity contribution is 7.92. The first kappa shape index (κ1) is 25.9.